The molecule has 1 rings (SSSR count). The van der Waals surface area contributed by atoms with Crippen molar-refractivity contribution in [2.75, 3.05) is 6.61 Å². The molecule has 1 aliphatic rings. The molecule has 0 aromatic heterocycles. The number of allylic oxidation sites excluding steroid dienone is 3. The van der Waals surface area contributed by atoms with E-state index in [1.165, 1.54) is 0 Å². The minimum Gasteiger partial charge on any atom is -0.481 e. The lowest BCUT2D eigenvalue weighted by atomic mass is 10.0. The molecule has 0 saturated carbocycles. The summed E-state index contributed by atoms with van der Waals surface area (Å²) in [5, 5.41) is 8.33. The van der Waals surface area contributed by atoms with Crippen LogP contribution in [-0.2, 0) is 23.9 Å². The Bertz CT molecular complexity index is 429. The highest BCUT2D eigenvalue weighted by Gasteiger charge is 2.15. The van der Waals surface area contributed by atoms with Crippen LogP contribution in [0.4, 0.5) is 0 Å². The number of carboxylic acids is 1. The van der Waals surface area contributed by atoms with Crippen LogP contribution >= 0.6 is 0 Å². The number of rotatable bonds is 5. The average Bonchev–Trinajstić information content (AvgIpc) is 2.27. The molecule has 6 nitrogen and oxygen atoms in total. The minimum absolute atomic E-state index is 0.0844. The normalized spacial score (nSPS) is 14.5. The van der Waals surface area contributed by atoms with E-state index in [9.17, 15) is 19.2 Å². The van der Waals surface area contributed by atoms with Crippen molar-refractivity contribution in [2.24, 2.45) is 0 Å². The maximum Gasteiger partial charge on any atom is 0.306 e. The van der Waals surface area contributed by atoms with E-state index in [0.717, 1.165) is 18.2 Å². The first-order chi connectivity index (χ1) is 7.99. The van der Waals surface area contributed by atoms with Crippen molar-refractivity contribution < 1.29 is 29.0 Å². The maximum atomic E-state index is 11.2. The molecule has 0 atom stereocenters. The van der Waals surface area contributed by atoms with E-state index in [2.05, 4.69) is 4.74 Å². The van der Waals surface area contributed by atoms with Crippen LogP contribution in [0.3, 0.4) is 0 Å². The molecule has 0 aromatic rings. The minimum atomic E-state index is -1.10. The number of hydrogen-bond acceptors (Lipinski definition) is 5. The van der Waals surface area contributed by atoms with Gasteiger partial charge in [-0.15, -0.1) is 0 Å². The fraction of sp³-hybridized carbons (Fsp3) is 0.273. The third-order valence-corrected chi connectivity index (χ3v) is 1.96. The third kappa shape index (κ3) is 4.42. The van der Waals surface area contributed by atoms with Crippen molar-refractivity contribution >= 4 is 23.5 Å². The Balaban J connectivity index is 2.40. The molecule has 0 unspecified atom stereocenters. The second kappa shape index (κ2) is 5.74. The molecular weight excluding hydrogens is 228 g/mol. The summed E-state index contributed by atoms with van der Waals surface area (Å²) in [6, 6.07) is 0. The zero-order valence-corrected chi connectivity index (χ0v) is 8.84. The van der Waals surface area contributed by atoms with Crippen molar-refractivity contribution in [3.05, 3.63) is 23.8 Å². The van der Waals surface area contributed by atoms with Crippen molar-refractivity contribution in [3.8, 4) is 0 Å². The predicted octanol–water partition coefficient (Wildman–Crippen LogP) is 0.0288. The maximum absolute atomic E-state index is 11.2. The number of aliphatic carboxylic acids is 1. The largest absolute Gasteiger partial charge is 0.481 e. The van der Waals surface area contributed by atoms with Crippen LogP contribution in [0.25, 0.3) is 0 Å². The summed E-state index contributed by atoms with van der Waals surface area (Å²) in [6.07, 6.45) is 2.72. The second-order valence-electron chi connectivity index (χ2n) is 3.32. The zero-order chi connectivity index (χ0) is 12.8. The van der Waals surface area contributed by atoms with E-state index in [1.807, 2.05) is 0 Å². The Kier molecular flexibility index (Phi) is 4.33. The van der Waals surface area contributed by atoms with Crippen molar-refractivity contribution in [1.82, 2.24) is 0 Å². The highest BCUT2D eigenvalue weighted by molar-refractivity contribution is 6.17. The first-order valence-corrected chi connectivity index (χ1v) is 4.83. The second-order valence-corrected chi connectivity index (χ2v) is 3.32. The van der Waals surface area contributed by atoms with E-state index in [4.69, 9.17) is 5.11 Å². The van der Waals surface area contributed by atoms with Gasteiger partial charge in [-0.1, -0.05) is 0 Å². The van der Waals surface area contributed by atoms with Crippen LogP contribution in [-0.4, -0.2) is 35.2 Å². The van der Waals surface area contributed by atoms with Gasteiger partial charge in [-0.2, -0.15) is 0 Å². The number of ether oxygens (including phenoxy) is 1. The summed E-state index contributed by atoms with van der Waals surface area (Å²) in [7, 11) is 0. The molecule has 0 heterocycles. The van der Waals surface area contributed by atoms with Gasteiger partial charge in [0.05, 0.1) is 12.8 Å². The molecule has 0 aromatic carbocycles. The summed E-state index contributed by atoms with van der Waals surface area (Å²) >= 11 is 0. The molecule has 0 bridgehead atoms. The van der Waals surface area contributed by atoms with Gasteiger partial charge < -0.3 is 9.84 Å². The van der Waals surface area contributed by atoms with Crippen LogP contribution in [0.15, 0.2) is 23.8 Å². The first kappa shape index (κ1) is 12.8. The average molecular weight is 238 g/mol. The molecular formula is C11H10O6. The monoisotopic (exact) mass is 238 g/mol. The number of ketones is 2. The van der Waals surface area contributed by atoms with Gasteiger partial charge in [0.25, 0.3) is 0 Å². The first-order valence-electron chi connectivity index (χ1n) is 4.83. The molecule has 1 N–H and O–H groups in total. The molecule has 1 aliphatic carbocycles. The fourth-order valence-corrected chi connectivity index (χ4v) is 1.11. The van der Waals surface area contributed by atoms with Crippen LogP contribution < -0.4 is 0 Å². The van der Waals surface area contributed by atoms with Gasteiger partial charge in [-0.3, -0.25) is 19.2 Å². The lowest BCUT2D eigenvalue weighted by Crippen LogP contribution is -2.16. The lowest BCUT2D eigenvalue weighted by molar-refractivity contribution is -0.147. The van der Waals surface area contributed by atoms with Crippen LogP contribution in [0.2, 0.25) is 0 Å². The van der Waals surface area contributed by atoms with Gasteiger partial charge in [0.15, 0.2) is 11.6 Å². The van der Waals surface area contributed by atoms with Gasteiger partial charge in [-0.25, -0.2) is 0 Å². The molecule has 90 valence electrons. The predicted molar refractivity (Wildman–Crippen MR) is 55.1 cm³/mol. The van der Waals surface area contributed by atoms with Crippen LogP contribution in [0.1, 0.15) is 12.8 Å². The highest BCUT2D eigenvalue weighted by atomic mass is 16.5. The summed E-state index contributed by atoms with van der Waals surface area (Å²) < 4.78 is 4.67. The molecule has 0 amide bonds. The Hall–Kier alpha value is -2.24. The Morgan fingerprint density at radius 3 is 2.53 bits per heavy atom. The van der Waals surface area contributed by atoms with E-state index in [0.29, 0.717) is 0 Å². The number of esters is 1. The molecule has 0 aliphatic heterocycles. The Labute approximate surface area is 96.6 Å². The van der Waals surface area contributed by atoms with Crippen molar-refractivity contribution in [3.63, 3.8) is 0 Å². The molecule has 0 spiro atoms. The van der Waals surface area contributed by atoms with Gasteiger partial charge in [0, 0.05) is 5.57 Å². The summed E-state index contributed by atoms with van der Waals surface area (Å²) in [5.74, 6) is -2.56. The standard InChI is InChI=1S/C11H10O6/c12-8-1-2-9(13)7(5-8)6-17-11(16)4-3-10(14)15/h1-2,5H,3-4,6H2,(H,14,15). The number of hydrogen-bond donors (Lipinski definition) is 1. The van der Waals surface area contributed by atoms with E-state index >= 15 is 0 Å². The Morgan fingerprint density at radius 1 is 1.18 bits per heavy atom. The molecule has 17 heavy (non-hydrogen) atoms. The van der Waals surface area contributed by atoms with Gasteiger partial charge >= 0.3 is 11.9 Å². The van der Waals surface area contributed by atoms with E-state index in [1.54, 1.807) is 0 Å². The summed E-state index contributed by atoms with van der Waals surface area (Å²) in [6.45, 7) is -0.312. The van der Waals surface area contributed by atoms with Crippen LogP contribution in [0, 0.1) is 0 Å². The SMILES string of the molecule is O=C1C=CC(=O)C(COC(=O)CCC(=O)O)=C1. The number of carbonyl (C=O) groups excluding carboxylic acids is 3. The molecule has 0 fully saturated rings. The Morgan fingerprint density at radius 2 is 1.88 bits per heavy atom. The summed E-state index contributed by atoms with van der Waals surface area (Å²) in [5.41, 5.74) is 0.0844. The molecule has 0 radical (unpaired) electrons. The number of carboxylic acid groups (broad SMARTS) is 1. The van der Waals surface area contributed by atoms with Gasteiger partial charge in [0.1, 0.15) is 6.61 Å². The zero-order valence-electron chi connectivity index (χ0n) is 8.84. The topological polar surface area (TPSA) is 97.7 Å². The van der Waals surface area contributed by atoms with Crippen molar-refractivity contribution in [2.45, 2.75) is 12.8 Å². The van der Waals surface area contributed by atoms with Gasteiger partial charge in [0.2, 0.25) is 0 Å². The van der Waals surface area contributed by atoms with E-state index < -0.39 is 17.7 Å². The van der Waals surface area contributed by atoms with Gasteiger partial charge in [-0.05, 0) is 18.2 Å². The van der Waals surface area contributed by atoms with Crippen LogP contribution in [0.5, 0.6) is 0 Å². The lowest BCUT2D eigenvalue weighted by Gasteiger charge is -2.07. The summed E-state index contributed by atoms with van der Waals surface area (Å²) in [4.78, 5) is 43.4. The highest BCUT2D eigenvalue weighted by Crippen LogP contribution is 2.06. The smallest absolute Gasteiger partial charge is 0.306 e. The molecule has 6 heteroatoms. The molecule has 0 saturated heterocycles. The quantitative estimate of drug-likeness (QED) is 0.536. The van der Waals surface area contributed by atoms with Crippen molar-refractivity contribution in [1.29, 1.82) is 0 Å². The number of carbonyl (C=O) groups is 4. The van der Waals surface area contributed by atoms with E-state index in [-0.39, 0.29) is 30.8 Å². The fourth-order valence-electron chi connectivity index (χ4n) is 1.11. The third-order valence-electron chi connectivity index (χ3n) is 1.96.